The van der Waals surface area contributed by atoms with Crippen molar-refractivity contribution in [3.63, 3.8) is 0 Å². The van der Waals surface area contributed by atoms with Gasteiger partial charge < -0.3 is 9.64 Å². The Hall–Kier alpha value is -3.24. The Morgan fingerprint density at radius 3 is 2.29 bits per heavy atom. The molecule has 5 rings (SSSR count). The van der Waals surface area contributed by atoms with Crippen LogP contribution in [0.1, 0.15) is 32.1 Å². The van der Waals surface area contributed by atoms with Crippen molar-refractivity contribution in [2.24, 2.45) is 0 Å². The van der Waals surface area contributed by atoms with E-state index in [1.165, 1.54) is 27.7 Å². The topological polar surface area (TPSA) is 97.6 Å². The Bertz CT molecular complexity index is 1300. The summed E-state index contributed by atoms with van der Waals surface area (Å²) in [5.41, 5.74) is 0.981. The third-order valence-electron chi connectivity index (χ3n) is 6.57. The van der Waals surface area contributed by atoms with Gasteiger partial charge in [0.2, 0.25) is 5.75 Å². The Morgan fingerprint density at radius 1 is 0.886 bits per heavy atom. The van der Waals surface area contributed by atoms with Crippen molar-refractivity contribution >= 4 is 15.7 Å². The molecule has 2 aliphatic rings. The first-order valence-electron chi connectivity index (χ1n) is 12.0. The van der Waals surface area contributed by atoms with Crippen LogP contribution in [0.15, 0.2) is 70.7 Å². The van der Waals surface area contributed by atoms with Gasteiger partial charge in [-0.25, -0.2) is 13.4 Å². The molecular formula is C25H29N5O4S. The van der Waals surface area contributed by atoms with Crippen LogP contribution in [-0.4, -0.2) is 59.8 Å². The first-order valence-corrected chi connectivity index (χ1v) is 13.5. The summed E-state index contributed by atoms with van der Waals surface area (Å²) in [6.45, 7) is 1.40. The fraction of sp³-hybridized carbons (Fsp3) is 0.400. The predicted molar refractivity (Wildman–Crippen MR) is 133 cm³/mol. The highest BCUT2D eigenvalue weighted by Gasteiger charge is 2.31. The zero-order valence-electron chi connectivity index (χ0n) is 19.5. The van der Waals surface area contributed by atoms with Gasteiger partial charge in [0.1, 0.15) is 5.69 Å². The maximum Gasteiger partial charge on any atom is 0.316 e. The summed E-state index contributed by atoms with van der Waals surface area (Å²) in [7, 11) is -3.67. The SMILES string of the molecule is O=c1c(OC2CCCCC2)c(N2CCN(S(=O)(=O)c3ccccn3)CC2)cnn1-c1ccccc1. The van der Waals surface area contributed by atoms with Crippen LogP contribution in [-0.2, 0) is 10.0 Å². The Balaban J connectivity index is 1.42. The van der Waals surface area contributed by atoms with E-state index in [0.717, 1.165) is 25.7 Å². The Labute approximate surface area is 205 Å². The van der Waals surface area contributed by atoms with Crippen LogP contribution in [0.2, 0.25) is 0 Å². The lowest BCUT2D eigenvalue weighted by Crippen LogP contribution is -2.49. The van der Waals surface area contributed by atoms with Gasteiger partial charge in [-0.3, -0.25) is 4.79 Å². The normalized spacial score (nSPS) is 17.9. The number of nitrogens with zero attached hydrogens (tertiary/aromatic N) is 5. The van der Waals surface area contributed by atoms with Gasteiger partial charge in [0.05, 0.1) is 18.0 Å². The summed E-state index contributed by atoms with van der Waals surface area (Å²) in [4.78, 5) is 19.6. The van der Waals surface area contributed by atoms with Crippen LogP contribution in [0.4, 0.5) is 5.69 Å². The van der Waals surface area contributed by atoms with E-state index < -0.39 is 10.0 Å². The number of piperazine rings is 1. The summed E-state index contributed by atoms with van der Waals surface area (Å²) >= 11 is 0. The van der Waals surface area contributed by atoms with E-state index in [0.29, 0.717) is 24.5 Å². The molecule has 1 aromatic carbocycles. The van der Waals surface area contributed by atoms with E-state index in [-0.39, 0.29) is 35.5 Å². The molecule has 1 aliphatic heterocycles. The molecule has 9 nitrogen and oxygen atoms in total. The number of para-hydroxylation sites is 1. The summed E-state index contributed by atoms with van der Waals surface area (Å²) in [5.74, 6) is 0.289. The highest BCUT2D eigenvalue weighted by atomic mass is 32.2. The van der Waals surface area contributed by atoms with Gasteiger partial charge in [0.15, 0.2) is 5.03 Å². The maximum atomic E-state index is 13.5. The molecule has 0 amide bonds. The number of ether oxygens (including phenoxy) is 1. The number of hydrogen-bond acceptors (Lipinski definition) is 7. The van der Waals surface area contributed by atoms with Crippen molar-refractivity contribution in [1.82, 2.24) is 19.1 Å². The highest BCUT2D eigenvalue weighted by molar-refractivity contribution is 7.89. The number of benzene rings is 1. The van der Waals surface area contributed by atoms with Crippen molar-refractivity contribution in [2.45, 2.75) is 43.2 Å². The van der Waals surface area contributed by atoms with E-state index in [9.17, 15) is 13.2 Å². The molecular weight excluding hydrogens is 466 g/mol. The van der Waals surface area contributed by atoms with Gasteiger partial charge in [-0.1, -0.05) is 30.7 Å². The lowest BCUT2D eigenvalue weighted by atomic mass is 9.98. The molecule has 10 heteroatoms. The molecule has 0 atom stereocenters. The second-order valence-electron chi connectivity index (χ2n) is 8.85. The number of pyridine rings is 1. The van der Waals surface area contributed by atoms with E-state index >= 15 is 0 Å². The molecule has 2 aromatic heterocycles. The van der Waals surface area contributed by atoms with Crippen LogP contribution in [0.5, 0.6) is 5.75 Å². The largest absolute Gasteiger partial charge is 0.483 e. The molecule has 0 spiro atoms. The standard InChI is InChI=1S/C25H29N5O4S/c31-25-24(34-21-11-5-2-6-12-21)22(19-27-30(25)20-9-3-1-4-10-20)28-15-17-29(18-16-28)35(32,33)23-13-7-8-14-26-23/h1,3-4,7-10,13-14,19,21H,2,5-6,11-12,15-18H2. The number of rotatable bonds is 6. The predicted octanol–water partition coefficient (Wildman–Crippen LogP) is 2.85. The van der Waals surface area contributed by atoms with Gasteiger partial charge in [0, 0.05) is 32.4 Å². The number of aromatic nitrogens is 3. The van der Waals surface area contributed by atoms with Crippen molar-refractivity contribution < 1.29 is 13.2 Å². The van der Waals surface area contributed by atoms with Crippen LogP contribution >= 0.6 is 0 Å². The van der Waals surface area contributed by atoms with Gasteiger partial charge in [-0.05, 0) is 49.9 Å². The molecule has 1 aliphatic carbocycles. The molecule has 1 saturated heterocycles. The van der Waals surface area contributed by atoms with Gasteiger partial charge in [-0.2, -0.15) is 14.1 Å². The summed E-state index contributed by atoms with van der Waals surface area (Å²) in [6, 6.07) is 14.1. The average molecular weight is 496 g/mol. The van der Waals surface area contributed by atoms with E-state index in [2.05, 4.69) is 10.1 Å². The van der Waals surface area contributed by atoms with Crippen LogP contribution in [0, 0.1) is 0 Å². The van der Waals surface area contributed by atoms with E-state index in [1.807, 2.05) is 35.2 Å². The molecule has 3 heterocycles. The van der Waals surface area contributed by atoms with Crippen molar-refractivity contribution in [3.8, 4) is 11.4 Å². The van der Waals surface area contributed by atoms with Crippen molar-refractivity contribution in [2.75, 3.05) is 31.1 Å². The number of sulfonamides is 1. The minimum atomic E-state index is -3.67. The van der Waals surface area contributed by atoms with Crippen LogP contribution in [0.25, 0.3) is 5.69 Å². The maximum absolute atomic E-state index is 13.5. The minimum absolute atomic E-state index is 0.00681. The molecule has 2 fully saturated rings. The summed E-state index contributed by atoms with van der Waals surface area (Å²) < 4.78 is 35.1. The molecule has 1 saturated carbocycles. The average Bonchev–Trinajstić information content (AvgIpc) is 2.91. The van der Waals surface area contributed by atoms with E-state index in [1.54, 1.807) is 18.3 Å². The molecule has 0 N–H and O–H groups in total. The summed E-state index contributed by atoms with van der Waals surface area (Å²) in [5, 5.41) is 4.48. The zero-order valence-corrected chi connectivity index (χ0v) is 20.3. The fourth-order valence-electron chi connectivity index (χ4n) is 4.67. The molecule has 184 valence electrons. The molecule has 3 aromatic rings. The first kappa shape index (κ1) is 23.5. The van der Waals surface area contributed by atoms with Crippen LogP contribution in [0.3, 0.4) is 0 Å². The third-order valence-corrected chi connectivity index (χ3v) is 8.39. The lowest BCUT2D eigenvalue weighted by molar-refractivity contribution is 0.152. The monoisotopic (exact) mass is 495 g/mol. The molecule has 35 heavy (non-hydrogen) atoms. The first-order chi connectivity index (χ1) is 17.0. The zero-order chi connectivity index (χ0) is 24.3. The highest BCUT2D eigenvalue weighted by Crippen LogP contribution is 2.30. The molecule has 0 unspecified atom stereocenters. The number of anilines is 1. The lowest BCUT2D eigenvalue weighted by Gasteiger charge is -2.36. The smallest absolute Gasteiger partial charge is 0.316 e. The fourth-order valence-corrected chi connectivity index (χ4v) is 6.02. The number of hydrogen-bond donors (Lipinski definition) is 0. The second kappa shape index (κ2) is 10.2. The van der Waals surface area contributed by atoms with Crippen molar-refractivity contribution in [3.05, 3.63) is 71.3 Å². The van der Waals surface area contributed by atoms with Gasteiger partial charge in [0.25, 0.3) is 10.0 Å². The quantitative estimate of drug-likeness (QED) is 0.519. The van der Waals surface area contributed by atoms with Gasteiger partial charge in [-0.15, -0.1) is 0 Å². The van der Waals surface area contributed by atoms with Crippen LogP contribution < -0.4 is 15.2 Å². The van der Waals surface area contributed by atoms with Crippen molar-refractivity contribution in [1.29, 1.82) is 0 Å². The Kier molecular flexibility index (Phi) is 6.83. The third kappa shape index (κ3) is 4.94. The summed E-state index contributed by atoms with van der Waals surface area (Å²) in [6.07, 6.45) is 8.33. The minimum Gasteiger partial charge on any atom is -0.483 e. The van der Waals surface area contributed by atoms with E-state index in [4.69, 9.17) is 4.74 Å². The van der Waals surface area contributed by atoms with Gasteiger partial charge >= 0.3 is 5.56 Å². The second-order valence-corrected chi connectivity index (χ2v) is 10.7. The molecule has 0 radical (unpaired) electrons. The Morgan fingerprint density at radius 2 is 1.60 bits per heavy atom. The molecule has 0 bridgehead atoms.